The van der Waals surface area contributed by atoms with Gasteiger partial charge < -0.3 is 5.11 Å². The maximum Gasteiger partial charge on any atom is 0.132 e. The average molecular weight is 276 g/mol. The van der Waals surface area contributed by atoms with Crippen LogP contribution in [0.5, 0.6) is 0 Å². The number of ketones is 1. The van der Waals surface area contributed by atoms with Gasteiger partial charge in [-0.05, 0) is 43.4 Å². The summed E-state index contributed by atoms with van der Waals surface area (Å²) in [6.07, 6.45) is 13.1. The molecule has 3 aliphatic rings. The predicted octanol–water partition coefficient (Wildman–Crippen LogP) is 3.72. The Morgan fingerprint density at radius 1 is 1.30 bits per heavy atom. The van der Waals surface area contributed by atoms with Gasteiger partial charge in [0.15, 0.2) is 0 Å². The predicted molar refractivity (Wildman–Crippen MR) is 81.1 cm³/mol. The van der Waals surface area contributed by atoms with E-state index in [2.05, 4.69) is 26.7 Å². The van der Waals surface area contributed by atoms with Crippen LogP contribution in [0.1, 0.15) is 72.1 Å². The molecule has 3 rings (SSSR count). The van der Waals surface area contributed by atoms with E-state index in [0.29, 0.717) is 18.1 Å². The molecule has 0 aliphatic heterocycles. The fourth-order valence-electron chi connectivity index (χ4n) is 4.62. The van der Waals surface area contributed by atoms with Crippen molar-refractivity contribution in [2.24, 2.45) is 16.7 Å². The summed E-state index contributed by atoms with van der Waals surface area (Å²) in [5.41, 5.74) is -0.330. The molecule has 2 heteroatoms. The van der Waals surface area contributed by atoms with Crippen molar-refractivity contribution in [3.63, 3.8) is 0 Å². The quantitative estimate of drug-likeness (QED) is 0.741. The first kappa shape index (κ1) is 15.6. The van der Waals surface area contributed by atoms with E-state index in [-0.39, 0.29) is 10.8 Å². The molecule has 3 atom stereocenters. The molecule has 0 aromatic heterocycles. The summed E-state index contributed by atoms with van der Waals surface area (Å²) < 4.78 is 0. The van der Waals surface area contributed by atoms with Gasteiger partial charge >= 0.3 is 0 Å². The molecule has 0 radical (unpaired) electrons. The third-order valence-corrected chi connectivity index (χ3v) is 6.60. The van der Waals surface area contributed by atoms with Crippen LogP contribution in [0.3, 0.4) is 0 Å². The third kappa shape index (κ3) is 2.21. The summed E-state index contributed by atoms with van der Waals surface area (Å²) in [6, 6.07) is 0. The van der Waals surface area contributed by atoms with Gasteiger partial charge in [-0.1, -0.05) is 20.8 Å². The molecule has 2 nitrogen and oxygen atoms in total. The molecular weight excluding hydrogens is 248 g/mol. The van der Waals surface area contributed by atoms with E-state index >= 15 is 0 Å². The van der Waals surface area contributed by atoms with Crippen molar-refractivity contribution in [3.05, 3.63) is 0 Å². The van der Waals surface area contributed by atoms with Gasteiger partial charge in [0.1, 0.15) is 5.78 Å². The Kier molecular flexibility index (Phi) is 4.04. The molecule has 0 amide bonds. The maximum absolute atomic E-state index is 10.6. The first-order valence-electron chi connectivity index (χ1n) is 7.94. The van der Waals surface area contributed by atoms with Gasteiger partial charge in [0.25, 0.3) is 0 Å². The number of hydrogen-bond donors (Lipinski definition) is 1. The molecule has 112 valence electrons. The van der Waals surface area contributed by atoms with Gasteiger partial charge in [0.2, 0.25) is 0 Å². The number of fused-ring (bicyclic) bond motifs is 2. The fourth-order valence-corrected chi connectivity index (χ4v) is 4.62. The number of Topliss-reactive ketones (excluding diaryl/α,β-unsaturated/α-hetero) is 1. The van der Waals surface area contributed by atoms with Gasteiger partial charge in [-0.2, -0.15) is 0 Å². The Morgan fingerprint density at radius 3 is 2.20 bits per heavy atom. The number of carbonyl (C=O) groups is 1. The fraction of sp³-hybridized carbons (Fsp3) is 0.833. The zero-order valence-corrected chi connectivity index (χ0v) is 13.2. The molecule has 0 aromatic rings. The SMILES string of the molecule is C#CC[C@@]1(O)C[C@H]2CC[C@]1(C)C2(C)C.O=C1CCCC1. The minimum absolute atomic E-state index is 0.0248. The summed E-state index contributed by atoms with van der Waals surface area (Å²) in [5.74, 6) is 3.76. The smallest absolute Gasteiger partial charge is 0.132 e. The van der Waals surface area contributed by atoms with Crippen molar-refractivity contribution in [2.45, 2.75) is 77.7 Å². The Balaban J connectivity index is 0.000000205. The highest BCUT2D eigenvalue weighted by Crippen LogP contribution is 2.70. The van der Waals surface area contributed by atoms with E-state index in [1.54, 1.807) is 0 Å². The van der Waals surface area contributed by atoms with E-state index in [9.17, 15) is 9.90 Å². The van der Waals surface area contributed by atoms with E-state index in [1.165, 1.54) is 6.42 Å². The summed E-state index contributed by atoms with van der Waals surface area (Å²) in [5, 5.41) is 10.6. The molecule has 1 N–H and O–H groups in total. The Labute approximate surface area is 123 Å². The van der Waals surface area contributed by atoms with Crippen LogP contribution < -0.4 is 0 Å². The average Bonchev–Trinajstić information content (AvgIpc) is 2.95. The van der Waals surface area contributed by atoms with Gasteiger partial charge in [0.05, 0.1) is 5.60 Å². The van der Waals surface area contributed by atoms with E-state index in [4.69, 9.17) is 6.42 Å². The summed E-state index contributed by atoms with van der Waals surface area (Å²) in [6.45, 7) is 6.80. The van der Waals surface area contributed by atoms with Crippen LogP contribution in [0.4, 0.5) is 0 Å². The van der Waals surface area contributed by atoms with Gasteiger partial charge in [-0.3, -0.25) is 4.79 Å². The standard InChI is InChI=1S/C13H20O.C5H8O/c1-5-7-13(14)9-10-6-8-12(13,4)11(10,2)3;6-5-3-1-2-4-5/h1,10,14H,6-9H2,2-4H3;1-4H2/t10-,12-,13-;/m1./s1. The highest BCUT2D eigenvalue weighted by molar-refractivity contribution is 5.80. The molecule has 0 spiro atoms. The largest absolute Gasteiger partial charge is 0.388 e. The zero-order valence-electron chi connectivity index (χ0n) is 13.2. The molecule has 0 unspecified atom stereocenters. The van der Waals surface area contributed by atoms with Gasteiger partial charge in [-0.25, -0.2) is 0 Å². The monoisotopic (exact) mass is 276 g/mol. The van der Waals surface area contributed by atoms with Crippen LogP contribution in [0, 0.1) is 29.1 Å². The van der Waals surface area contributed by atoms with Crippen molar-refractivity contribution in [3.8, 4) is 12.3 Å². The second-order valence-electron chi connectivity index (χ2n) is 7.65. The Hall–Kier alpha value is -0.810. The van der Waals surface area contributed by atoms with Crippen LogP contribution in [0.15, 0.2) is 0 Å². The number of hydrogen-bond acceptors (Lipinski definition) is 2. The second-order valence-corrected chi connectivity index (χ2v) is 7.65. The van der Waals surface area contributed by atoms with E-state index < -0.39 is 5.60 Å². The normalized spacial score (nSPS) is 41.1. The molecule has 3 fully saturated rings. The van der Waals surface area contributed by atoms with Crippen LogP contribution in [0.25, 0.3) is 0 Å². The molecule has 3 saturated carbocycles. The minimum Gasteiger partial charge on any atom is -0.388 e. The lowest BCUT2D eigenvalue weighted by Crippen LogP contribution is -2.46. The first-order valence-corrected chi connectivity index (χ1v) is 7.94. The molecule has 0 heterocycles. The summed E-state index contributed by atoms with van der Waals surface area (Å²) in [7, 11) is 0. The van der Waals surface area contributed by atoms with Crippen LogP contribution in [-0.4, -0.2) is 16.5 Å². The van der Waals surface area contributed by atoms with Crippen LogP contribution >= 0.6 is 0 Å². The number of rotatable bonds is 1. The Morgan fingerprint density at radius 2 is 1.90 bits per heavy atom. The maximum atomic E-state index is 10.6. The molecule has 2 bridgehead atoms. The summed E-state index contributed by atoms with van der Waals surface area (Å²) in [4.78, 5) is 10.2. The van der Waals surface area contributed by atoms with Crippen molar-refractivity contribution in [1.82, 2.24) is 0 Å². The molecule has 0 saturated heterocycles. The number of terminal acetylenes is 1. The third-order valence-electron chi connectivity index (χ3n) is 6.60. The Bertz CT molecular complexity index is 423. The number of aliphatic hydroxyl groups is 1. The lowest BCUT2D eigenvalue weighted by atomic mass is 9.63. The first-order chi connectivity index (χ1) is 9.27. The van der Waals surface area contributed by atoms with Gasteiger partial charge in [-0.15, -0.1) is 12.3 Å². The molecule has 0 aromatic carbocycles. The van der Waals surface area contributed by atoms with E-state index in [0.717, 1.165) is 38.5 Å². The minimum atomic E-state index is -0.603. The second kappa shape index (κ2) is 5.19. The molecule has 20 heavy (non-hydrogen) atoms. The topological polar surface area (TPSA) is 37.3 Å². The van der Waals surface area contributed by atoms with Crippen molar-refractivity contribution in [1.29, 1.82) is 0 Å². The lowest BCUT2D eigenvalue weighted by Gasteiger charge is -2.44. The summed E-state index contributed by atoms with van der Waals surface area (Å²) >= 11 is 0. The lowest BCUT2D eigenvalue weighted by molar-refractivity contribution is -0.117. The zero-order chi connectivity index (χ0) is 15.0. The van der Waals surface area contributed by atoms with Gasteiger partial charge in [0, 0.05) is 24.7 Å². The van der Waals surface area contributed by atoms with E-state index in [1.807, 2.05) is 0 Å². The highest BCUT2D eigenvalue weighted by atomic mass is 16.3. The molecule has 3 aliphatic carbocycles. The van der Waals surface area contributed by atoms with Crippen LogP contribution in [-0.2, 0) is 4.79 Å². The molecular formula is C18H28O2. The van der Waals surface area contributed by atoms with Crippen molar-refractivity contribution >= 4 is 5.78 Å². The number of carbonyl (C=O) groups excluding carboxylic acids is 1. The van der Waals surface area contributed by atoms with Crippen molar-refractivity contribution < 1.29 is 9.90 Å². The van der Waals surface area contributed by atoms with Crippen LogP contribution in [0.2, 0.25) is 0 Å². The highest BCUT2D eigenvalue weighted by Gasteiger charge is 2.67. The van der Waals surface area contributed by atoms with Crippen molar-refractivity contribution in [2.75, 3.05) is 0 Å².